The largest absolute Gasteiger partial charge is 0.481 e. The van der Waals surface area contributed by atoms with Crippen molar-refractivity contribution in [2.24, 2.45) is 0 Å². The zero-order chi connectivity index (χ0) is 19.1. The van der Waals surface area contributed by atoms with Crippen molar-refractivity contribution in [3.05, 3.63) is 59.2 Å². The van der Waals surface area contributed by atoms with Crippen LogP contribution < -0.4 is 10.1 Å². The van der Waals surface area contributed by atoms with Crippen LogP contribution in [0.2, 0.25) is 0 Å². The van der Waals surface area contributed by atoms with E-state index in [4.69, 9.17) is 9.47 Å². The van der Waals surface area contributed by atoms with Gasteiger partial charge in [-0.1, -0.05) is 30.7 Å². The molecule has 0 bridgehead atoms. The Morgan fingerprint density at radius 2 is 1.73 bits per heavy atom. The molecule has 0 fully saturated rings. The summed E-state index contributed by atoms with van der Waals surface area (Å²) in [4.78, 5) is 24.5. The predicted molar refractivity (Wildman–Crippen MR) is 102 cm³/mol. The number of carbonyl (C=O) groups excluding carboxylic acids is 2. The van der Waals surface area contributed by atoms with Crippen LogP contribution in [0, 0.1) is 13.8 Å². The molecule has 1 N–H and O–H groups in total. The number of rotatable bonds is 7. The Morgan fingerprint density at radius 3 is 2.35 bits per heavy atom. The van der Waals surface area contributed by atoms with Gasteiger partial charge in [-0.05, 0) is 57.0 Å². The molecular formula is C21H25NO4. The maximum absolute atomic E-state index is 12.6. The number of anilines is 1. The molecule has 0 saturated carbocycles. The number of hydrogen-bond acceptors (Lipinski definition) is 4. The van der Waals surface area contributed by atoms with Gasteiger partial charge < -0.3 is 14.8 Å². The fourth-order valence-corrected chi connectivity index (χ4v) is 2.41. The van der Waals surface area contributed by atoms with Crippen LogP contribution in [0.5, 0.6) is 5.75 Å². The Kier molecular flexibility index (Phi) is 6.78. The van der Waals surface area contributed by atoms with Crippen molar-refractivity contribution in [1.82, 2.24) is 0 Å². The molecule has 2 aromatic carbocycles. The van der Waals surface area contributed by atoms with Crippen molar-refractivity contribution >= 4 is 17.6 Å². The number of aryl methyl sites for hydroxylation is 2. The van der Waals surface area contributed by atoms with Gasteiger partial charge in [-0.3, -0.25) is 4.79 Å². The molecule has 0 aliphatic carbocycles. The normalized spacial score (nSPS) is 11.5. The van der Waals surface area contributed by atoms with Crippen molar-refractivity contribution in [1.29, 1.82) is 0 Å². The van der Waals surface area contributed by atoms with Crippen LogP contribution in [0.25, 0.3) is 0 Å². The Labute approximate surface area is 154 Å². The molecule has 0 heterocycles. The molecule has 0 aliphatic rings. The van der Waals surface area contributed by atoms with E-state index in [2.05, 4.69) is 5.32 Å². The second-order valence-corrected chi connectivity index (χ2v) is 6.07. The van der Waals surface area contributed by atoms with Gasteiger partial charge in [0.05, 0.1) is 12.2 Å². The molecular weight excluding hydrogens is 330 g/mol. The molecule has 5 heteroatoms. The Bertz CT molecular complexity index is 768. The molecule has 1 amide bonds. The smallest absolute Gasteiger partial charge is 0.338 e. The minimum Gasteiger partial charge on any atom is -0.481 e. The summed E-state index contributed by atoms with van der Waals surface area (Å²) in [6, 6.07) is 12.7. The lowest BCUT2D eigenvalue weighted by Gasteiger charge is -2.18. The van der Waals surface area contributed by atoms with Crippen molar-refractivity contribution in [3.8, 4) is 5.75 Å². The van der Waals surface area contributed by atoms with Crippen LogP contribution >= 0.6 is 0 Å². The molecule has 2 aromatic rings. The summed E-state index contributed by atoms with van der Waals surface area (Å²) in [6.07, 6.45) is -0.0978. The van der Waals surface area contributed by atoms with Gasteiger partial charge in [-0.2, -0.15) is 0 Å². The van der Waals surface area contributed by atoms with E-state index in [-0.39, 0.29) is 5.91 Å². The number of nitrogens with one attached hydrogen (secondary N) is 1. The lowest BCUT2D eigenvalue weighted by Crippen LogP contribution is -2.32. The summed E-state index contributed by atoms with van der Waals surface area (Å²) < 4.78 is 10.8. The molecule has 5 nitrogen and oxygen atoms in total. The van der Waals surface area contributed by atoms with E-state index < -0.39 is 12.1 Å². The van der Waals surface area contributed by atoms with E-state index in [1.807, 2.05) is 45.0 Å². The first-order valence-electron chi connectivity index (χ1n) is 8.76. The molecule has 0 aromatic heterocycles. The van der Waals surface area contributed by atoms with Crippen molar-refractivity contribution in [2.45, 2.75) is 40.2 Å². The maximum Gasteiger partial charge on any atom is 0.338 e. The Morgan fingerprint density at radius 1 is 1.04 bits per heavy atom. The van der Waals surface area contributed by atoms with Crippen LogP contribution in [-0.2, 0) is 9.53 Å². The molecule has 138 valence electrons. The Hall–Kier alpha value is -2.82. The van der Waals surface area contributed by atoms with Gasteiger partial charge in [-0.25, -0.2) is 4.79 Å². The predicted octanol–water partition coefficient (Wildman–Crippen LogP) is 4.28. The number of carbonyl (C=O) groups is 2. The molecule has 0 spiro atoms. The third kappa shape index (κ3) is 5.09. The highest BCUT2D eigenvalue weighted by atomic mass is 16.5. The molecule has 0 radical (unpaired) electrons. The summed E-state index contributed by atoms with van der Waals surface area (Å²) in [6.45, 7) is 7.81. The molecule has 0 saturated heterocycles. The second kappa shape index (κ2) is 9.04. The quantitative estimate of drug-likeness (QED) is 0.753. The summed E-state index contributed by atoms with van der Waals surface area (Å²) in [5, 5.41) is 2.86. The first-order valence-corrected chi connectivity index (χ1v) is 8.76. The van der Waals surface area contributed by atoms with Crippen molar-refractivity contribution in [2.75, 3.05) is 11.9 Å². The monoisotopic (exact) mass is 355 g/mol. The van der Waals surface area contributed by atoms with E-state index >= 15 is 0 Å². The topological polar surface area (TPSA) is 64.6 Å². The number of hydrogen-bond donors (Lipinski definition) is 1. The highest BCUT2D eigenvalue weighted by Crippen LogP contribution is 2.20. The van der Waals surface area contributed by atoms with E-state index in [9.17, 15) is 9.59 Å². The van der Waals surface area contributed by atoms with Gasteiger partial charge in [-0.15, -0.1) is 0 Å². The Balaban J connectivity index is 2.12. The van der Waals surface area contributed by atoms with E-state index in [0.29, 0.717) is 30.0 Å². The number of esters is 1. The average molecular weight is 355 g/mol. The van der Waals surface area contributed by atoms with Crippen LogP contribution in [0.15, 0.2) is 42.5 Å². The van der Waals surface area contributed by atoms with Crippen molar-refractivity contribution in [3.63, 3.8) is 0 Å². The number of benzene rings is 2. The summed E-state index contributed by atoms with van der Waals surface area (Å²) >= 11 is 0. The standard InChI is InChI=1S/C21H25NO4/c1-5-19(26-17-11-7-14(3)8-12-17)20(23)22-18-13-16(10-9-15(18)4)21(24)25-6-2/h7-13,19H,5-6H2,1-4H3,(H,22,23)/t19-/m0/s1. The van der Waals surface area contributed by atoms with Gasteiger partial charge in [0, 0.05) is 5.69 Å². The fourth-order valence-electron chi connectivity index (χ4n) is 2.41. The van der Waals surface area contributed by atoms with Gasteiger partial charge >= 0.3 is 5.97 Å². The van der Waals surface area contributed by atoms with E-state index in [1.165, 1.54) is 0 Å². The third-order valence-electron chi connectivity index (χ3n) is 3.97. The van der Waals surface area contributed by atoms with Crippen LogP contribution in [-0.4, -0.2) is 24.6 Å². The lowest BCUT2D eigenvalue weighted by molar-refractivity contribution is -0.122. The SMILES string of the molecule is CCOC(=O)c1ccc(C)c(NC(=O)[C@H](CC)Oc2ccc(C)cc2)c1. The summed E-state index contributed by atoms with van der Waals surface area (Å²) in [7, 11) is 0. The molecule has 1 atom stereocenters. The molecule has 26 heavy (non-hydrogen) atoms. The lowest BCUT2D eigenvalue weighted by atomic mass is 10.1. The van der Waals surface area contributed by atoms with Crippen LogP contribution in [0.1, 0.15) is 41.8 Å². The number of ether oxygens (including phenoxy) is 2. The summed E-state index contributed by atoms with van der Waals surface area (Å²) in [5.41, 5.74) is 2.96. The van der Waals surface area contributed by atoms with Gasteiger partial charge in [0.25, 0.3) is 5.91 Å². The van der Waals surface area contributed by atoms with Gasteiger partial charge in [0.15, 0.2) is 6.10 Å². The second-order valence-electron chi connectivity index (χ2n) is 6.07. The van der Waals surface area contributed by atoms with E-state index in [1.54, 1.807) is 25.1 Å². The zero-order valence-electron chi connectivity index (χ0n) is 15.7. The fraction of sp³-hybridized carbons (Fsp3) is 0.333. The molecule has 0 unspecified atom stereocenters. The third-order valence-corrected chi connectivity index (χ3v) is 3.97. The maximum atomic E-state index is 12.6. The highest BCUT2D eigenvalue weighted by Gasteiger charge is 2.20. The number of amides is 1. The highest BCUT2D eigenvalue weighted by molar-refractivity contribution is 5.97. The van der Waals surface area contributed by atoms with Gasteiger partial charge in [0.2, 0.25) is 0 Å². The van der Waals surface area contributed by atoms with E-state index in [0.717, 1.165) is 11.1 Å². The average Bonchev–Trinajstić information content (AvgIpc) is 2.63. The van der Waals surface area contributed by atoms with Crippen LogP contribution in [0.4, 0.5) is 5.69 Å². The summed E-state index contributed by atoms with van der Waals surface area (Å²) in [5.74, 6) is -0.0160. The zero-order valence-corrected chi connectivity index (χ0v) is 15.7. The van der Waals surface area contributed by atoms with Crippen molar-refractivity contribution < 1.29 is 19.1 Å². The first-order chi connectivity index (χ1) is 12.4. The van der Waals surface area contributed by atoms with Gasteiger partial charge in [0.1, 0.15) is 5.75 Å². The minimum atomic E-state index is -0.622. The van der Waals surface area contributed by atoms with Crippen LogP contribution in [0.3, 0.4) is 0 Å². The minimum absolute atomic E-state index is 0.253. The first kappa shape index (κ1) is 19.5. The molecule has 2 rings (SSSR count). The molecule has 0 aliphatic heterocycles.